The van der Waals surface area contributed by atoms with Crippen LogP contribution >= 0.6 is 11.3 Å². The van der Waals surface area contributed by atoms with Gasteiger partial charge in [0.1, 0.15) is 5.75 Å². The van der Waals surface area contributed by atoms with E-state index in [1.54, 1.807) is 16.8 Å². The first-order valence-corrected chi connectivity index (χ1v) is 10.8. The molecule has 1 amide bonds. The minimum atomic E-state index is -0.673. The molecule has 6 nitrogen and oxygen atoms in total. The molecule has 0 aliphatic heterocycles. The molecule has 3 aromatic rings. The predicted octanol–water partition coefficient (Wildman–Crippen LogP) is 4.09. The third-order valence-electron chi connectivity index (χ3n) is 5.01. The van der Waals surface area contributed by atoms with E-state index >= 15 is 0 Å². The second-order valence-electron chi connectivity index (χ2n) is 7.74. The highest BCUT2D eigenvalue weighted by molar-refractivity contribution is 7.07. The largest absolute Gasteiger partial charge is 0.507 e. The van der Waals surface area contributed by atoms with E-state index in [1.807, 2.05) is 11.6 Å². The van der Waals surface area contributed by atoms with Crippen LogP contribution in [0.15, 0.2) is 57.9 Å². The number of nitrogens with two attached hydrogens (primary N) is 1. The number of rotatable bonds is 6. The van der Waals surface area contributed by atoms with Crippen LogP contribution in [0.2, 0.25) is 0 Å². The second kappa shape index (κ2) is 8.28. The zero-order chi connectivity index (χ0) is 21.3. The Bertz CT molecular complexity index is 1170. The number of hydrogen-bond acceptors (Lipinski definition) is 5. The van der Waals surface area contributed by atoms with Gasteiger partial charge in [-0.05, 0) is 48.1 Å². The normalized spacial score (nSPS) is 14.7. The Balaban J connectivity index is 1.75. The number of primary amides is 1. The highest BCUT2D eigenvalue weighted by Crippen LogP contribution is 2.27. The van der Waals surface area contributed by atoms with Gasteiger partial charge in [0.15, 0.2) is 0 Å². The molecule has 2 aromatic carbocycles. The smallest absolute Gasteiger partial charge is 0.252 e. The maximum atomic E-state index is 11.6. The Kier molecular flexibility index (Phi) is 5.55. The van der Waals surface area contributed by atoms with Crippen LogP contribution in [0.1, 0.15) is 54.1 Å². The summed E-state index contributed by atoms with van der Waals surface area (Å²) >= 11 is 1.50. The van der Waals surface area contributed by atoms with E-state index in [4.69, 9.17) is 15.8 Å². The minimum Gasteiger partial charge on any atom is -0.507 e. The van der Waals surface area contributed by atoms with Gasteiger partial charge in [-0.1, -0.05) is 38.1 Å². The van der Waals surface area contributed by atoms with Crippen molar-refractivity contribution in [1.29, 1.82) is 0 Å². The van der Waals surface area contributed by atoms with Crippen molar-refractivity contribution >= 4 is 23.5 Å². The summed E-state index contributed by atoms with van der Waals surface area (Å²) in [5.41, 5.74) is 9.28. The SMILES string of the molecule is CC(C)c1ccc(C=Nn2c(-c3ccc(O)c(C(N)=O)c3)csc2=NC2CC2)cc1. The molecule has 30 heavy (non-hydrogen) atoms. The van der Waals surface area contributed by atoms with Gasteiger partial charge in [-0.3, -0.25) is 9.79 Å². The summed E-state index contributed by atoms with van der Waals surface area (Å²) in [5, 5.41) is 16.6. The van der Waals surface area contributed by atoms with Gasteiger partial charge in [-0.25, -0.2) is 4.68 Å². The number of carbonyl (C=O) groups is 1. The quantitative estimate of drug-likeness (QED) is 0.588. The number of carbonyl (C=O) groups excluding carboxylic acids is 1. The predicted molar refractivity (Wildman–Crippen MR) is 120 cm³/mol. The Hall–Kier alpha value is -3.19. The van der Waals surface area contributed by atoms with Crippen molar-refractivity contribution in [3.8, 4) is 17.0 Å². The van der Waals surface area contributed by atoms with Gasteiger partial charge in [-0.15, -0.1) is 11.3 Å². The summed E-state index contributed by atoms with van der Waals surface area (Å²) in [4.78, 5) is 17.2. The number of phenols is 1. The lowest BCUT2D eigenvalue weighted by molar-refractivity contribution is 0.0998. The number of thiazole rings is 1. The van der Waals surface area contributed by atoms with Gasteiger partial charge in [0.25, 0.3) is 5.91 Å². The number of aromatic nitrogens is 1. The number of nitrogens with zero attached hydrogens (tertiary/aromatic N) is 3. The van der Waals surface area contributed by atoms with Gasteiger partial charge in [0, 0.05) is 10.9 Å². The van der Waals surface area contributed by atoms with Crippen LogP contribution in [0, 0.1) is 0 Å². The van der Waals surface area contributed by atoms with E-state index in [1.165, 1.54) is 23.0 Å². The number of aromatic hydroxyl groups is 1. The molecule has 1 heterocycles. The number of benzene rings is 2. The van der Waals surface area contributed by atoms with E-state index < -0.39 is 5.91 Å². The molecular weight excluding hydrogens is 396 g/mol. The molecular formula is C23H24N4O2S. The lowest BCUT2D eigenvalue weighted by atomic mass is 10.0. The van der Waals surface area contributed by atoms with Crippen LogP contribution < -0.4 is 10.5 Å². The first-order chi connectivity index (χ1) is 14.4. The first-order valence-electron chi connectivity index (χ1n) is 9.94. The summed E-state index contributed by atoms with van der Waals surface area (Å²) in [6, 6.07) is 13.5. The third kappa shape index (κ3) is 4.36. The summed E-state index contributed by atoms with van der Waals surface area (Å²) < 4.78 is 1.79. The summed E-state index contributed by atoms with van der Waals surface area (Å²) in [5.74, 6) is -0.329. The van der Waals surface area contributed by atoms with Gasteiger partial charge < -0.3 is 10.8 Å². The van der Waals surface area contributed by atoms with E-state index in [2.05, 4.69) is 38.1 Å². The molecule has 0 atom stereocenters. The third-order valence-corrected chi connectivity index (χ3v) is 5.84. The zero-order valence-corrected chi connectivity index (χ0v) is 17.8. The van der Waals surface area contributed by atoms with E-state index in [0.29, 0.717) is 12.0 Å². The summed E-state index contributed by atoms with van der Waals surface area (Å²) in [6.07, 6.45) is 4.00. The fourth-order valence-electron chi connectivity index (χ4n) is 3.04. The van der Waals surface area contributed by atoms with Crippen LogP contribution in [0.25, 0.3) is 11.3 Å². The topological polar surface area (TPSA) is 93.0 Å². The molecule has 1 aliphatic rings. The van der Waals surface area contributed by atoms with Gasteiger partial charge >= 0.3 is 0 Å². The van der Waals surface area contributed by atoms with Gasteiger partial charge in [0.05, 0.1) is 23.5 Å². The molecule has 1 saturated carbocycles. The molecule has 0 bridgehead atoms. The molecule has 3 N–H and O–H groups in total. The lowest BCUT2D eigenvalue weighted by Gasteiger charge is -2.07. The zero-order valence-electron chi connectivity index (χ0n) is 16.9. The Morgan fingerprint density at radius 3 is 2.60 bits per heavy atom. The first kappa shape index (κ1) is 20.1. The maximum absolute atomic E-state index is 11.6. The fraction of sp³-hybridized carbons (Fsp3) is 0.261. The molecule has 4 rings (SSSR count). The van der Waals surface area contributed by atoms with Crippen LogP contribution in [-0.4, -0.2) is 27.9 Å². The molecule has 7 heteroatoms. The van der Waals surface area contributed by atoms with Crippen LogP contribution in [0.5, 0.6) is 5.75 Å². The minimum absolute atomic E-state index is 0.0826. The van der Waals surface area contributed by atoms with E-state index in [0.717, 1.165) is 34.5 Å². The highest BCUT2D eigenvalue weighted by Gasteiger charge is 2.21. The van der Waals surface area contributed by atoms with E-state index in [9.17, 15) is 9.90 Å². The van der Waals surface area contributed by atoms with Crippen LogP contribution in [-0.2, 0) is 0 Å². The standard InChI is InChI=1S/C23H24N4O2S/c1-14(2)16-5-3-15(4-6-16)12-25-27-20(13-30-23(27)26-18-8-9-18)17-7-10-21(28)19(11-17)22(24)29/h3-7,10-14,18,28H,8-9H2,1-2H3,(H2,24,29). The van der Waals surface area contributed by atoms with Gasteiger partial charge in [0.2, 0.25) is 4.80 Å². The molecule has 1 fully saturated rings. The Labute approximate surface area is 179 Å². The number of amides is 1. The molecule has 1 aromatic heterocycles. The van der Waals surface area contributed by atoms with Crippen molar-refractivity contribution in [1.82, 2.24) is 4.68 Å². The van der Waals surface area contributed by atoms with Crippen molar-refractivity contribution in [3.63, 3.8) is 0 Å². The second-order valence-corrected chi connectivity index (χ2v) is 8.57. The molecule has 0 unspecified atom stereocenters. The van der Waals surface area contributed by atoms with Crippen molar-refractivity contribution in [3.05, 3.63) is 69.3 Å². The molecule has 0 spiro atoms. The average Bonchev–Trinajstić information content (AvgIpc) is 3.45. The van der Waals surface area contributed by atoms with Crippen molar-refractivity contribution in [2.45, 2.75) is 38.6 Å². The van der Waals surface area contributed by atoms with Crippen molar-refractivity contribution in [2.24, 2.45) is 15.8 Å². The van der Waals surface area contributed by atoms with Crippen molar-refractivity contribution in [2.75, 3.05) is 0 Å². The lowest BCUT2D eigenvalue weighted by Crippen LogP contribution is -2.14. The highest BCUT2D eigenvalue weighted by atomic mass is 32.1. The summed E-state index contributed by atoms with van der Waals surface area (Å²) in [7, 11) is 0. The molecule has 1 aliphatic carbocycles. The summed E-state index contributed by atoms with van der Waals surface area (Å²) in [6.45, 7) is 4.33. The Morgan fingerprint density at radius 2 is 1.97 bits per heavy atom. The van der Waals surface area contributed by atoms with Crippen molar-refractivity contribution < 1.29 is 9.90 Å². The van der Waals surface area contributed by atoms with Crippen LogP contribution in [0.4, 0.5) is 0 Å². The monoisotopic (exact) mass is 420 g/mol. The molecule has 154 valence electrons. The Morgan fingerprint density at radius 1 is 1.23 bits per heavy atom. The maximum Gasteiger partial charge on any atom is 0.252 e. The molecule has 0 radical (unpaired) electrons. The van der Waals surface area contributed by atoms with Gasteiger partial charge in [-0.2, -0.15) is 5.10 Å². The fourth-order valence-corrected chi connectivity index (χ4v) is 3.95. The van der Waals surface area contributed by atoms with Crippen LogP contribution in [0.3, 0.4) is 0 Å². The van der Waals surface area contributed by atoms with E-state index in [-0.39, 0.29) is 11.3 Å². The molecule has 0 saturated heterocycles. The number of hydrogen-bond donors (Lipinski definition) is 2. The average molecular weight is 421 g/mol.